The fourth-order valence-electron chi connectivity index (χ4n) is 1.94. The molecule has 0 amide bonds. The summed E-state index contributed by atoms with van der Waals surface area (Å²) in [6, 6.07) is 0. The number of rotatable bonds is 1. The van der Waals surface area contributed by atoms with Gasteiger partial charge < -0.3 is 10.1 Å². The number of nitrogens with one attached hydrogen (secondary N) is 1. The molecule has 2 heterocycles. The molecule has 12 heavy (non-hydrogen) atoms. The number of allylic oxidation sites excluding steroid dienone is 1. The van der Waals surface area contributed by atoms with Crippen molar-refractivity contribution in [3.63, 3.8) is 0 Å². The van der Waals surface area contributed by atoms with Crippen molar-refractivity contribution in [2.75, 3.05) is 26.3 Å². The summed E-state index contributed by atoms with van der Waals surface area (Å²) in [5.74, 6) is 0.800. The van der Waals surface area contributed by atoms with E-state index in [9.17, 15) is 0 Å². The van der Waals surface area contributed by atoms with E-state index in [0.29, 0.717) is 0 Å². The van der Waals surface area contributed by atoms with Crippen molar-refractivity contribution < 1.29 is 4.74 Å². The highest BCUT2D eigenvalue weighted by Gasteiger charge is 2.13. The Balaban J connectivity index is 1.86. The standard InChI is InChI=1S/C10H17NO/c1-4-11-8-10(1)7-9-2-5-12-6-3-9/h7,9,11H,1-6,8H2. The molecule has 0 spiro atoms. The summed E-state index contributed by atoms with van der Waals surface area (Å²) < 4.78 is 5.32. The van der Waals surface area contributed by atoms with Crippen molar-refractivity contribution >= 4 is 0 Å². The van der Waals surface area contributed by atoms with Crippen LogP contribution in [0.25, 0.3) is 0 Å². The van der Waals surface area contributed by atoms with Crippen LogP contribution in [-0.4, -0.2) is 26.3 Å². The van der Waals surface area contributed by atoms with Crippen LogP contribution < -0.4 is 5.32 Å². The lowest BCUT2D eigenvalue weighted by Crippen LogP contribution is -2.14. The van der Waals surface area contributed by atoms with Gasteiger partial charge in [0.05, 0.1) is 0 Å². The average molecular weight is 167 g/mol. The minimum atomic E-state index is 0.800. The third kappa shape index (κ3) is 2.08. The molecule has 0 unspecified atom stereocenters. The second-order valence-electron chi connectivity index (χ2n) is 3.70. The summed E-state index contributed by atoms with van der Waals surface area (Å²) in [5.41, 5.74) is 1.61. The Hall–Kier alpha value is -0.340. The fourth-order valence-corrected chi connectivity index (χ4v) is 1.94. The van der Waals surface area contributed by atoms with Crippen molar-refractivity contribution in [1.29, 1.82) is 0 Å². The zero-order valence-corrected chi connectivity index (χ0v) is 7.51. The van der Waals surface area contributed by atoms with E-state index < -0.39 is 0 Å². The summed E-state index contributed by atoms with van der Waals surface area (Å²) in [5, 5.41) is 3.36. The number of hydrogen-bond donors (Lipinski definition) is 1. The third-order valence-electron chi connectivity index (χ3n) is 2.71. The predicted molar refractivity (Wildman–Crippen MR) is 49.1 cm³/mol. The van der Waals surface area contributed by atoms with Crippen molar-refractivity contribution in [3.8, 4) is 0 Å². The van der Waals surface area contributed by atoms with Gasteiger partial charge in [-0.3, -0.25) is 0 Å². The first-order chi connectivity index (χ1) is 5.95. The van der Waals surface area contributed by atoms with Gasteiger partial charge >= 0.3 is 0 Å². The van der Waals surface area contributed by atoms with Crippen LogP contribution in [0.1, 0.15) is 19.3 Å². The van der Waals surface area contributed by atoms with Crippen molar-refractivity contribution in [3.05, 3.63) is 11.6 Å². The Kier molecular flexibility index (Phi) is 2.79. The largest absolute Gasteiger partial charge is 0.381 e. The summed E-state index contributed by atoms with van der Waals surface area (Å²) >= 11 is 0. The second-order valence-corrected chi connectivity index (χ2v) is 3.70. The van der Waals surface area contributed by atoms with E-state index in [2.05, 4.69) is 11.4 Å². The summed E-state index contributed by atoms with van der Waals surface area (Å²) in [4.78, 5) is 0. The lowest BCUT2D eigenvalue weighted by molar-refractivity contribution is 0.0783. The lowest BCUT2D eigenvalue weighted by Gasteiger charge is -2.19. The van der Waals surface area contributed by atoms with Gasteiger partial charge in [-0.25, -0.2) is 0 Å². The van der Waals surface area contributed by atoms with Gasteiger partial charge in [0.15, 0.2) is 0 Å². The second kappa shape index (κ2) is 4.06. The summed E-state index contributed by atoms with van der Waals surface area (Å²) in [6.07, 6.45) is 6.19. The van der Waals surface area contributed by atoms with Crippen LogP contribution in [0.2, 0.25) is 0 Å². The molecule has 0 aromatic carbocycles. The molecule has 0 atom stereocenters. The van der Waals surface area contributed by atoms with Crippen LogP contribution in [-0.2, 0) is 4.74 Å². The first-order valence-electron chi connectivity index (χ1n) is 4.93. The van der Waals surface area contributed by atoms with Gasteiger partial charge in [-0.2, -0.15) is 0 Å². The molecule has 2 fully saturated rings. The first-order valence-corrected chi connectivity index (χ1v) is 4.93. The molecular formula is C10H17NO. The van der Waals surface area contributed by atoms with E-state index in [-0.39, 0.29) is 0 Å². The van der Waals surface area contributed by atoms with E-state index in [0.717, 1.165) is 25.7 Å². The molecule has 2 saturated heterocycles. The first kappa shape index (κ1) is 8.27. The highest BCUT2D eigenvalue weighted by molar-refractivity contribution is 5.10. The third-order valence-corrected chi connectivity index (χ3v) is 2.71. The van der Waals surface area contributed by atoms with E-state index in [4.69, 9.17) is 4.74 Å². The van der Waals surface area contributed by atoms with Crippen LogP contribution in [0, 0.1) is 5.92 Å². The lowest BCUT2D eigenvalue weighted by atomic mass is 9.97. The minimum absolute atomic E-state index is 0.800. The minimum Gasteiger partial charge on any atom is -0.381 e. The van der Waals surface area contributed by atoms with E-state index in [1.165, 1.54) is 25.8 Å². The Bertz CT molecular complexity index is 163. The zero-order chi connectivity index (χ0) is 8.23. The molecule has 2 aliphatic heterocycles. The molecule has 0 aliphatic carbocycles. The maximum absolute atomic E-state index is 5.32. The quantitative estimate of drug-likeness (QED) is 0.595. The molecule has 68 valence electrons. The summed E-state index contributed by atoms with van der Waals surface area (Å²) in [6.45, 7) is 4.22. The highest BCUT2D eigenvalue weighted by Crippen LogP contribution is 2.19. The highest BCUT2D eigenvalue weighted by atomic mass is 16.5. The van der Waals surface area contributed by atoms with Crippen LogP contribution in [0.5, 0.6) is 0 Å². The molecule has 0 saturated carbocycles. The smallest absolute Gasteiger partial charge is 0.0471 e. The van der Waals surface area contributed by atoms with Crippen molar-refractivity contribution in [1.82, 2.24) is 5.32 Å². The van der Waals surface area contributed by atoms with Crippen LogP contribution in [0.3, 0.4) is 0 Å². The van der Waals surface area contributed by atoms with E-state index >= 15 is 0 Å². The van der Waals surface area contributed by atoms with Gasteiger partial charge in [-0.15, -0.1) is 0 Å². The van der Waals surface area contributed by atoms with Gasteiger partial charge in [0.25, 0.3) is 0 Å². The van der Waals surface area contributed by atoms with E-state index in [1.54, 1.807) is 5.57 Å². The number of ether oxygens (including phenoxy) is 1. The van der Waals surface area contributed by atoms with Gasteiger partial charge in [0.1, 0.15) is 0 Å². The molecule has 0 radical (unpaired) electrons. The Morgan fingerprint density at radius 3 is 2.83 bits per heavy atom. The van der Waals surface area contributed by atoms with Gasteiger partial charge in [0, 0.05) is 19.8 Å². The molecule has 0 aromatic heterocycles. The normalized spacial score (nSPS) is 29.8. The maximum Gasteiger partial charge on any atom is 0.0471 e. The van der Waals surface area contributed by atoms with E-state index in [1.807, 2.05) is 0 Å². The van der Waals surface area contributed by atoms with Crippen molar-refractivity contribution in [2.45, 2.75) is 19.3 Å². The maximum atomic E-state index is 5.32. The molecule has 2 rings (SSSR count). The topological polar surface area (TPSA) is 21.3 Å². The van der Waals surface area contributed by atoms with Crippen LogP contribution in [0.4, 0.5) is 0 Å². The molecule has 1 N–H and O–H groups in total. The molecule has 0 aromatic rings. The average Bonchev–Trinajstić information content (AvgIpc) is 2.59. The predicted octanol–water partition coefficient (Wildman–Crippen LogP) is 1.33. The molecular weight excluding hydrogens is 150 g/mol. The van der Waals surface area contributed by atoms with Crippen LogP contribution >= 0.6 is 0 Å². The van der Waals surface area contributed by atoms with Crippen LogP contribution in [0.15, 0.2) is 11.6 Å². The molecule has 2 heteroatoms. The van der Waals surface area contributed by atoms with Crippen molar-refractivity contribution in [2.24, 2.45) is 5.92 Å². The van der Waals surface area contributed by atoms with Gasteiger partial charge in [0.2, 0.25) is 0 Å². The summed E-state index contributed by atoms with van der Waals surface area (Å²) in [7, 11) is 0. The van der Waals surface area contributed by atoms with Gasteiger partial charge in [-0.05, 0) is 31.7 Å². The molecule has 2 aliphatic rings. The Morgan fingerprint density at radius 1 is 1.33 bits per heavy atom. The Labute approximate surface area is 74.0 Å². The molecule has 2 nitrogen and oxygen atoms in total. The number of hydrogen-bond acceptors (Lipinski definition) is 2. The SMILES string of the molecule is C(=C1CCNC1)C1CCOCC1. The molecule has 0 bridgehead atoms. The Morgan fingerprint density at radius 2 is 2.17 bits per heavy atom. The monoisotopic (exact) mass is 167 g/mol. The zero-order valence-electron chi connectivity index (χ0n) is 7.51. The van der Waals surface area contributed by atoms with Gasteiger partial charge in [-0.1, -0.05) is 11.6 Å². The fraction of sp³-hybridized carbons (Fsp3) is 0.800.